The highest BCUT2D eigenvalue weighted by atomic mass is 32.1. The van der Waals surface area contributed by atoms with Crippen molar-refractivity contribution < 1.29 is 14.4 Å². The average molecular weight is 381 g/mol. The Morgan fingerprint density at radius 2 is 2.24 bits per heavy atom. The fraction of sp³-hybridized carbons (Fsp3) is 0.438. The van der Waals surface area contributed by atoms with Crippen molar-refractivity contribution in [1.29, 1.82) is 0 Å². The number of methoxy groups -OCH3 is 1. The second-order valence-electron chi connectivity index (χ2n) is 6.13. The lowest BCUT2D eigenvalue weighted by Crippen LogP contribution is -3.09. The van der Waals surface area contributed by atoms with Crippen LogP contribution in [0.25, 0.3) is 0 Å². The van der Waals surface area contributed by atoms with Crippen LogP contribution in [0.2, 0.25) is 0 Å². The molecule has 1 atom stereocenters. The Bertz CT molecular complexity index is 800. The van der Waals surface area contributed by atoms with E-state index in [1.165, 1.54) is 11.3 Å². The Balaban J connectivity index is 1.61. The second kappa shape index (κ2) is 7.94. The SMILES string of the molecule is COc1ccccc1Nc1nn(C[NH+](C)CC(=O)NC2CC2)c(=S)s1. The second-order valence-corrected chi connectivity index (χ2v) is 7.75. The lowest BCUT2D eigenvalue weighted by Gasteiger charge is -2.13. The van der Waals surface area contributed by atoms with Gasteiger partial charge in [-0.15, -0.1) is 5.10 Å². The largest absolute Gasteiger partial charge is 0.495 e. The van der Waals surface area contributed by atoms with Gasteiger partial charge in [0.25, 0.3) is 5.91 Å². The molecule has 1 aromatic heterocycles. The van der Waals surface area contributed by atoms with Crippen LogP contribution < -0.4 is 20.3 Å². The van der Waals surface area contributed by atoms with Crippen LogP contribution in [0.5, 0.6) is 5.75 Å². The zero-order chi connectivity index (χ0) is 17.8. The van der Waals surface area contributed by atoms with Gasteiger partial charge in [0.2, 0.25) is 5.13 Å². The number of amides is 1. The number of hydrogen-bond donors (Lipinski definition) is 3. The third-order valence-electron chi connectivity index (χ3n) is 3.78. The van der Waals surface area contributed by atoms with Gasteiger partial charge in [-0.3, -0.25) is 4.79 Å². The van der Waals surface area contributed by atoms with E-state index < -0.39 is 0 Å². The first-order chi connectivity index (χ1) is 12.0. The van der Waals surface area contributed by atoms with Crippen LogP contribution in [0.15, 0.2) is 24.3 Å². The van der Waals surface area contributed by atoms with Crippen LogP contribution >= 0.6 is 23.6 Å². The summed E-state index contributed by atoms with van der Waals surface area (Å²) in [4.78, 5) is 12.9. The predicted octanol–water partition coefficient (Wildman–Crippen LogP) is 1.18. The number of para-hydroxylation sites is 2. The Morgan fingerprint density at radius 1 is 1.48 bits per heavy atom. The third kappa shape index (κ3) is 5.00. The fourth-order valence-corrected chi connectivity index (χ4v) is 3.43. The van der Waals surface area contributed by atoms with E-state index in [4.69, 9.17) is 17.0 Å². The lowest BCUT2D eigenvalue weighted by molar-refractivity contribution is -0.895. The van der Waals surface area contributed by atoms with Crippen molar-refractivity contribution in [2.45, 2.75) is 25.6 Å². The Labute approximate surface area is 155 Å². The summed E-state index contributed by atoms with van der Waals surface area (Å²) in [6, 6.07) is 8.04. The van der Waals surface area contributed by atoms with Crippen molar-refractivity contribution in [1.82, 2.24) is 15.1 Å². The van der Waals surface area contributed by atoms with Gasteiger partial charge in [-0.1, -0.05) is 23.5 Å². The molecule has 1 heterocycles. The number of rotatable bonds is 8. The first-order valence-corrected chi connectivity index (χ1v) is 9.36. The highest BCUT2D eigenvalue weighted by Crippen LogP contribution is 2.28. The maximum Gasteiger partial charge on any atom is 0.275 e. The van der Waals surface area contributed by atoms with Crippen LogP contribution in [0, 0.1) is 3.95 Å². The van der Waals surface area contributed by atoms with E-state index in [0.29, 0.717) is 28.3 Å². The van der Waals surface area contributed by atoms with E-state index in [-0.39, 0.29) is 5.91 Å². The van der Waals surface area contributed by atoms with E-state index in [0.717, 1.165) is 29.2 Å². The van der Waals surface area contributed by atoms with Gasteiger partial charge < -0.3 is 20.3 Å². The summed E-state index contributed by atoms with van der Waals surface area (Å²) >= 11 is 6.79. The van der Waals surface area contributed by atoms with Crippen LogP contribution in [-0.2, 0) is 11.5 Å². The minimum atomic E-state index is 0.0779. The molecule has 25 heavy (non-hydrogen) atoms. The topological polar surface area (TPSA) is 72.6 Å². The van der Waals surface area contributed by atoms with E-state index in [2.05, 4.69) is 15.7 Å². The molecule has 1 fully saturated rings. The molecule has 0 bridgehead atoms. The summed E-state index contributed by atoms with van der Waals surface area (Å²) in [5.74, 6) is 0.823. The summed E-state index contributed by atoms with van der Waals surface area (Å²) in [7, 11) is 3.59. The molecule has 1 aliphatic rings. The molecular formula is C16H22N5O2S2+. The molecule has 1 unspecified atom stereocenters. The third-order valence-corrected chi connectivity index (χ3v) is 5.00. The molecule has 0 aliphatic heterocycles. The van der Waals surface area contributed by atoms with Crippen LogP contribution in [0.4, 0.5) is 10.8 Å². The Morgan fingerprint density at radius 3 is 2.96 bits per heavy atom. The quantitative estimate of drug-likeness (QED) is 0.600. The number of quaternary nitrogens is 1. The number of likely N-dealkylation sites (N-methyl/N-ethyl adjacent to an activating group) is 1. The van der Waals surface area contributed by atoms with Crippen molar-refractivity contribution in [2.75, 3.05) is 26.0 Å². The van der Waals surface area contributed by atoms with Gasteiger partial charge in [-0.25, -0.2) is 0 Å². The van der Waals surface area contributed by atoms with E-state index in [1.807, 2.05) is 31.3 Å². The van der Waals surface area contributed by atoms with Crippen LogP contribution in [0.1, 0.15) is 12.8 Å². The molecule has 134 valence electrons. The first-order valence-electron chi connectivity index (χ1n) is 8.14. The highest BCUT2D eigenvalue weighted by Gasteiger charge is 2.24. The van der Waals surface area contributed by atoms with Gasteiger partial charge in [0.15, 0.2) is 17.2 Å². The maximum atomic E-state index is 11.9. The predicted molar refractivity (Wildman–Crippen MR) is 100 cm³/mol. The minimum Gasteiger partial charge on any atom is -0.495 e. The number of carbonyl (C=O) groups is 1. The van der Waals surface area contributed by atoms with Gasteiger partial charge in [0.1, 0.15) is 5.75 Å². The van der Waals surface area contributed by atoms with Crippen molar-refractivity contribution >= 4 is 40.3 Å². The number of anilines is 2. The van der Waals surface area contributed by atoms with Gasteiger partial charge in [-0.2, -0.15) is 4.68 Å². The number of hydrogen-bond acceptors (Lipinski definition) is 6. The maximum absolute atomic E-state index is 11.9. The number of aromatic nitrogens is 2. The molecular weight excluding hydrogens is 358 g/mol. The van der Waals surface area contributed by atoms with E-state index in [9.17, 15) is 4.79 Å². The fourth-order valence-electron chi connectivity index (χ4n) is 2.41. The van der Waals surface area contributed by atoms with Crippen LogP contribution in [0.3, 0.4) is 0 Å². The van der Waals surface area contributed by atoms with Gasteiger partial charge in [-0.05, 0) is 37.2 Å². The monoisotopic (exact) mass is 380 g/mol. The molecule has 0 radical (unpaired) electrons. The van der Waals surface area contributed by atoms with Crippen LogP contribution in [-0.4, -0.2) is 42.4 Å². The average Bonchev–Trinajstić information content (AvgIpc) is 3.31. The van der Waals surface area contributed by atoms with Crippen molar-refractivity contribution in [2.24, 2.45) is 0 Å². The minimum absolute atomic E-state index is 0.0779. The van der Waals surface area contributed by atoms with Gasteiger partial charge in [0, 0.05) is 6.04 Å². The summed E-state index contributed by atoms with van der Waals surface area (Å²) in [5.41, 5.74) is 0.838. The van der Waals surface area contributed by atoms with Crippen molar-refractivity contribution in [3.63, 3.8) is 0 Å². The number of nitrogens with one attached hydrogen (secondary N) is 3. The van der Waals surface area contributed by atoms with Gasteiger partial charge in [0.05, 0.1) is 19.8 Å². The summed E-state index contributed by atoms with van der Waals surface area (Å²) in [5, 5.41) is 11.4. The summed E-state index contributed by atoms with van der Waals surface area (Å²) < 4.78 is 7.75. The van der Waals surface area contributed by atoms with E-state index in [1.54, 1.807) is 11.8 Å². The molecule has 7 nitrogen and oxygen atoms in total. The molecule has 1 saturated carbocycles. The van der Waals surface area contributed by atoms with Gasteiger partial charge >= 0.3 is 0 Å². The molecule has 3 N–H and O–H groups in total. The zero-order valence-corrected chi connectivity index (χ0v) is 15.9. The summed E-state index contributed by atoms with van der Waals surface area (Å²) in [6.45, 7) is 0.950. The zero-order valence-electron chi connectivity index (χ0n) is 14.2. The summed E-state index contributed by atoms with van der Waals surface area (Å²) in [6.07, 6.45) is 2.19. The van der Waals surface area contributed by atoms with Crippen molar-refractivity contribution in [3.8, 4) is 5.75 Å². The number of carbonyl (C=O) groups excluding carboxylic acids is 1. The molecule has 3 rings (SSSR count). The number of nitrogens with zero attached hydrogens (tertiary/aromatic N) is 2. The Kier molecular flexibility index (Phi) is 5.67. The molecule has 0 saturated heterocycles. The lowest BCUT2D eigenvalue weighted by atomic mass is 10.3. The normalized spacial score (nSPS) is 14.8. The van der Waals surface area contributed by atoms with Crippen molar-refractivity contribution in [3.05, 3.63) is 28.2 Å². The molecule has 0 spiro atoms. The van der Waals surface area contributed by atoms with E-state index >= 15 is 0 Å². The standard InChI is InChI=1S/C16H21N5O2S2/c1-20(9-14(22)17-11-7-8-11)10-21-16(24)25-15(19-21)18-12-5-3-4-6-13(12)23-2/h3-6,11H,7-10H2,1-2H3,(H,17,22)(H,18,19)/p+1. The first kappa shape index (κ1) is 17.8. The Hall–Kier alpha value is -1.97. The number of benzene rings is 1. The highest BCUT2D eigenvalue weighted by molar-refractivity contribution is 7.73. The molecule has 2 aromatic rings. The molecule has 9 heteroatoms. The molecule has 1 aliphatic carbocycles. The molecule has 1 aromatic carbocycles. The molecule has 1 amide bonds. The number of ether oxygens (including phenoxy) is 1. The smallest absolute Gasteiger partial charge is 0.275 e.